The fraction of sp³-hybridized carbons (Fsp3) is 0.0833. The Morgan fingerprint density at radius 3 is 2.68 bits per heavy atom. The smallest absolute Gasteiger partial charge is 0.262 e. The van der Waals surface area contributed by atoms with Gasteiger partial charge in [-0.05, 0) is 36.8 Å². The van der Waals surface area contributed by atoms with E-state index in [-0.39, 0.29) is 15.7 Å². The van der Waals surface area contributed by atoms with Crippen molar-refractivity contribution in [2.45, 2.75) is 11.8 Å². The molecule has 1 heterocycles. The molecule has 0 saturated heterocycles. The zero-order chi connectivity index (χ0) is 14.0. The van der Waals surface area contributed by atoms with Crippen molar-refractivity contribution >= 4 is 27.3 Å². The predicted octanol–water partition coefficient (Wildman–Crippen LogP) is 2.98. The molecule has 19 heavy (non-hydrogen) atoms. The molecule has 0 unspecified atom stereocenters. The summed E-state index contributed by atoms with van der Waals surface area (Å²) in [5, 5.41) is 0.163. The van der Waals surface area contributed by atoms with Crippen LogP contribution in [0.25, 0.3) is 0 Å². The Bertz CT molecular complexity index is 719. The lowest BCUT2D eigenvalue weighted by molar-refractivity contribution is 0.594. The number of aryl methyl sites for hydroxylation is 1. The van der Waals surface area contributed by atoms with E-state index in [0.717, 1.165) is 6.07 Å². The molecule has 0 atom stereocenters. The van der Waals surface area contributed by atoms with Crippen molar-refractivity contribution in [1.29, 1.82) is 0 Å². The van der Waals surface area contributed by atoms with Gasteiger partial charge in [0.15, 0.2) is 0 Å². The molecule has 0 amide bonds. The van der Waals surface area contributed by atoms with E-state index in [4.69, 9.17) is 11.6 Å². The minimum atomic E-state index is -3.86. The normalized spacial score (nSPS) is 11.3. The lowest BCUT2D eigenvalue weighted by Gasteiger charge is -2.10. The first-order chi connectivity index (χ1) is 8.88. The summed E-state index contributed by atoms with van der Waals surface area (Å²) >= 11 is 5.67. The maximum absolute atomic E-state index is 13.2. The molecule has 1 aromatic heterocycles. The third-order valence-electron chi connectivity index (χ3n) is 2.42. The molecule has 0 aliphatic rings. The van der Waals surface area contributed by atoms with E-state index >= 15 is 0 Å². The lowest BCUT2D eigenvalue weighted by atomic mass is 10.2. The summed E-state index contributed by atoms with van der Waals surface area (Å²) in [6.07, 6.45) is 1.37. The molecule has 0 saturated carbocycles. The van der Waals surface area contributed by atoms with Crippen molar-refractivity contribution in [2.75, 3.05) is 4.72 Å². The van der Waals surface area contributed by atoms with E-state index in [9.17, 15) is 12.8 Å². The molecular formula is C12H10ClFN2O2S. The molecule has 0 radical (unpaired) electrons. The van der Waals surface area contributed by atoms with Crippen LogP contribution >= 0.6 is 11.6 Å². The van der Waals surface area contributed by atoms with Crippen molar-refractivity contribution in [2.24, 2.45) is 0 Å². The third kappa shape index (κ3) is 3.21. The first kappa shape index (κ1) is 13.8. The Kier molecular flexibility index (Phi) is 3.73. The largest absolute Gasteiger partial charge is 0.279 e. The van der Waals surface area contributed by atoms with Gasteiger partial charge >= 0.3 is 0 Å². The van der Waals surface area contributed by atoms with Gasteiger partial charge in [-0.15, -0.1) is 0 Å². The highest BCUT2D eigenvalue weighted by atomic mass is 35.5. The molecule has 4 nitrogen and oxygen atoms in total. The summed E-state index contributed by atoms with van der Waals surface area (Å²) in [4.78, 5) is 3.63. The van der Waals surface area contributed by atoms with Crippen LogP contribution in [0.15, 0.2) is 41.4 Å². The van der Waals surface area contributed by atoms with E-state index < -0.39 is 15.8 Å². The molecule has 0 spiro atoms. The monoisotopic (exact) mass is 300 g/mol. The summed E-state index contributed by atoms with van der Waals surface area (Å²) in [6, 6.07) is 6.41. The number of hydrogen-bond donors (Lipinski definition) is 1. The number of aromatic nitrogens is 1. The molecule has 100 valence electrons. The Morgan fingerprint density at radius 2 is 2.00 bits per heavy atom. The highest BCUT2D eigenvalue weighted by Gasteiger charge is 2.17. The van der Waals surface area contributed by atoms with E-state index in [1.165, 1.54) is 30.5 Å². The molecule has 0 aliphatic heterocycles. The van der Waals surface area contributed by atoms with E-state index in [0.29, 0.717) is 5.56 Å². The lowest BCUT2D eigenvalue weighted by Crippen LogP contribution is -2.14. The van der Waals surface area contributed by atoms with Crippen LogP contribution in [0.1, 0.15) is 5.56 Å². The Labute approximate surface area is 115 Å². The Hall–Kier alpha value is -1.66. The standard InChI is InChI=1S/C12H10ClFN2O2S/c1-8-2-3-9(14)6-11(8)19(17,18)16-10-4-5-15-12(13)7-10/h2-7H,1H3,(H,15,16). The topological polar surface area (TPSA) is 59.1 Å². The van der Waals surface area contributed by atoms with Gasteiger partial charge in [0.1, 0.15) is 11.0 Å². The Balaban J connectivity index is 2.40. The van der Waals surface area contributed by atoms with Gasteiger partial charge in [-0.1, -0.05) is 17.7 Å². The zero-order valence-corrected chi connectivity index (χ0v) is 11.5. The predicted molar refractivity (Wildman–Crippen MR) is 71.2 cm³/mol. The maximum Gasteiger partial charge on any atom is 0.262 e. The van der Waals surface area contributed by atoms with Crippen LogP contribution in [0.3, 0.4) is 0 Å². The SMILES string of the molecule is Cc1ccc(F)cc1S(=O)(=O)Nc1ccnc(Cl)c1. The summed E-state index contributed by atoms with van der Waals surface area (Å²) in [5.41, 5.74) is 0.720. The van der Waals surface area contributed by atoms with Gasteiger partial charge in [0.05, 0.1) is 10.6 Å². The second-order valence-corrected chi connectivity index (χ2v) is 5.92. The van der Waals surface area contributed by atoms with Crippen LogP contribution in [-0.2, 0) is 10.0 Å². The van der Waals surface area contributed by atoms with Gasteiger partial charge in [-0.25, -0.2) is 17.8 Å². The van der Waals surface area contributed by atoms with Crippen LogP contribution in [0, 0.1) is 12.7 Å². The molecule has 0 bridgehead atoms. The van der Waals surface area contributed by atoms with Crippen LogP contribution in [-0.4, -0.2) is 13.4 Å². The van der Waals surface area contributed by atoms with E-state index in [1.54, 1.807) is 6.92 Å². The van der Waals surface area contributed by atoms with E-state index in [2.05, 4.69) is 9.71 Å². The number of pyridine rings is 1. The average Bonchev–Trinajstić information content (AvgIpc) is 2.31. The second kappa shape index (κ2) is 5.14. The fourth-order valence-electron chi connectivity index (χ4n) is 1.54. The van der Waals surface area contributed by atoms with Gasteiger partial charge in [0.25, 0.3) is 10.0 Å². The summed E-state index contributed by atoms with van der Waals surface area (Å²) < 4.78 is 39.8. The maximum atomic E-state index is 13.2. The first-order valence-electron chi connectivity index (χ1n) is 5.29. The van der Waals surface area contributed by atoms with Crippen LogP contribution in [0.2, 0.25) is 5.15 Å². The molecular weight excluding hydrogens is 291 g/mol. The number of rotatable bonds is 3. The van der Waals surface area contributed by atoms with Crippen molar-refractivity contribution in [3.05, 3.63) is 53.1 Å². The van der Waals surface area contributed by atoms with E-state index in [1.807, 2.05) is 0 Å². The van der Waals surface area contributed by atoms with Gasteiger partial charge < -0.3 is 0 Å². The Morgan fingerprint density at radius 1 is 1.26 bits per heavy atom. The first-order valence-corrected chi connectivity index (χ1v) is 7.15. The van der Waals surface area contributed by atoms with Crippen LogP contribution < -0.4 is 4.72 Å². The third-order valence-corrected chi connectivity index (χ3v) is 4.15. The zero-order valence-electron chi connectivity index (χ0n) is 9.89. The number of sulfonamides is 1. The van der Waals surface area contributed by atoms with Gasteiger partial charge in [-0.3, -0.25) is 4.72 Å². The summed E-state index contributed by atoms with van der Waals surface area (Å²) in [7, 11) is -3.86. The highest BCUT2D eigenvalue weighted by molar-refractivity contribution is 7.92. The molecule has 7 heteroatoms. The molecule has 2 rings (SSSR count). The average molecular weight is 301 g/mol. The summed E-state index contributed by atoms with van der Waals surface area (Å²) in [6.45, 7) is 1.59. The minimum absolute atomic E-state index is 0.111. The molecule has 1 N–H and O–H groups in total. The summed E-state index contributed by atoms with van der Waals surface area (Å²) in [5.74, 6) is -0.612. The van der Waals surface area contributed by atoms with Crippen LogP contribution in [0.5, 0.6) is 0 Å². The quantitative estimate of drug-likeness (QED) is 0.887. The molecule has 0 aliphatic carbocycles. The number of nitrogens with one attached hydrogen (secondary N) is 1. The van der Waals surface area contributed by atoms with Crippen molar-refractivity contribution in [1.82, 2.24) is 4.98 Å². The second-order valence-electron chi connectivity index (χ2n) is 3.88. The van der Waals surface area contributed by atoms with Crippen molar-refractivity contribution in [3.63, 3.8) is 0 Å². The van der Waals surface area contributed by atoms with Crippen LogP contribution in [0.4, 0.5) is 10.1 Å². The van der Waals surface area contributed by atoms with Gasteiger partial charge in [0.2, 0.25) is 0 Å². The number of halogens is 2. The molecule has 0 fully saturated rings. The minimum Gasteiger partial charge on any atom is -0.279 e. The molecule has 2 aromatic rings. The van der Waals surface area contributed by atoms with Crippen molar-refractivity contribution < 1.29 is 12.8 Å². The highest BCUT2D eigenvalue weighted by Crippen LogP contribution is 2.21. The number of nitrogens with zero attached hydrogens (tertiary/aromatic N) is 1. The molecule has 1 aromatic carbocycles. The number of hydrogen-bond acceptors (Lipinski definition) is 3. The van der Waals surface area contributed by atoms with Gasteiger partial charge in [0, 0.05) is 6.20 Å². The number of anilines is 1. The van der Waals surface area contributed by atoms with Crippen molar-refractivity contribution in [3.8, 4) is 0 Å². The number of benzene rings is 1. The fourth-order valence-corrected chi connectivity index (χ4v) is 3.02. The van der Waals surface area contributed by atoms with Gasteiger partial charge in [-0.2, -0.15) is 0 Å².